The molecule has 0 aromatic rings. The van der Waals surface area contributed by atoms with E-state index in [1.54, 1.807) is 0 Å². The van der Waals surface area contributed by atoms with Crippen molar-refractivity contribution in [2.75, 3.05) is 0 Å². The fraction of sp³-hybridized carbons (Fsp3) is 0. The highest BCUT2D eigenvalue weighted by atomic mass is 33.1. The molecule has 0 aliphatic carbocycles. The van der Waals surface area contributed by atoms with Crippen LogP contribution < -0.4 is 8.25 Å². The van der Waals surface area contributed by atoms with Crippen LogP contribution in [0.15, 0.2) is 0 Å². The van der Waals surface area contributed by atoms with Crippen molar-refractivity contribution in [3.05, 3.63) is 0 Å². The molecule has 0 saturated carbocycles. The third-order valence-electron chi connectivity index (χ3n) is 0.246. The van der Waals surface area contributed by atoms with E-state index in [2.05, 4.69) is 0 Å². The Morgan fingerprint density at radius 1 is 1.00 bits per heavy atom. The predicted molar refractivity (Wildman–Crippen MR) is 39.3 cm³/mol. The van der Waals surface area contributed by atoms with Gasteiger partial charge in [0, 0.05) is 44.5 Å². The van der Waals surface area contributed by atoms with Gasteiger partial charge in [0.05, 0.1) is 0 Å². The summed E-state index contributed by atoms with van der Waals surface area (Å²) >= 11 is -4.76. The Labute approximate surface area is 70.4 Å². The van der Waals surface area contributed by atoms with Crippen LogP contribution >= 0.6 is 22.0 Å². The first-order chi connectivity index (χ1) is 4.63. The van der Waals surface area contributed by atoms with E-state index in [4.69, 9.17) is 0 Å². The standard InChI is InChI=1S/H4N2O4S4/c3-9(4)1-7-8-2-10(5)6/h1-2H,(H,3,4)(H,5,6)/p-2. The molecule has 10 heavy (non-hydrogen) atoms. The second-order valence-electron chi connectivity index (χ2n) is 0.803. The summed E-state index contributed by atoms with van der Waals surface area (Å²) < 4.78 is 42.6. The maximum absolute atomic E-state index is 9.72. The maximum Gasteiger partial charge on any atom is 0.0291 e. The highest BCUT2D eigenvalue weighted by molar-refractivity contribution is 8.77. The summed E-state index contributed by atoms with van der Waals surface area (Å²) in [6.07, 6.45) is 0. The molecule has 10 heteroatoms. The highest BCUT2D eigenvalue weighted by Gasteiger charge is 1.86. The Bertz CT molecular complexity index is 119. The van der Waals surface area contributed by atoms with E-state index < -0.39 is 22.5 Å². The third kappa shape index (κ3) is 8.84. The Balaban J connectivity index is 3.06. The molecule has 0 aromatic carbocycles. The van der Waals surface area contributed by atoms with Gasteiger partial charge in [0.1, 0.15) is 0 Å². The van der Waals surface area contributed by atoms with Gasteiger partial charge in [-0.1, -0.05) is 0 Å². The van der Waals surface area contributed by atoms with E-state index >= 15 is 0 Å². The molecule has 2 atom stereocenters. The van der Waals surface area contributed by atoms with E-state index in [9.17, 15) is 17.5 Å². The zero-order valence-corrected chi connectivity index (χ0v) is 7.53. The summed E-state index contributed by atoms with van der Waals surface area (Å²) in [5.74, 6) is 0. The SMILES string of the molecule is O=S([O-])NSSNS(=O)[O-]. The van der Waals surface area contributed by atoms with Gasteiger partial charge in [-0.2, -0.15) is 8.25 Å². The van der Waals surface area contributed by atoms with Crippen molar-refractivity contribution in [2.24, 2.45) is 0 Å². The Morgan fingerprint density at radius 3 is 1.50 bits per heavy atom. The van der Waals surface area contributed by atoms with Gasteiger partial charge in [0.25, 0.3) is 0 Å². The maximum atomic E-state index is 9.72. The van der Waals surface area contributed by atoms with Crippen LogP contribution in [0, 0.1) is 0 Å². The Kier molecular flexibility index (Phi) is 7.09. The molecule has 0 aliphatic heterocycles. The van der Waals surface area contributed by atoms with Crippen LogP contribution in [0.4, 0.5) is 0 Å². The van der Waals surface area contributed by atoms with Crippen LogP contribution in [0.1, 0.15) is 0 Å². The Morgan fingerprint density at radius 2 is 1.30 bits per heavy atom. The van der Waals surface area contributed by atoms with Crippen LogP contribution in [0.25, 0.3) is 0 Å². The summed E-state index contributed by atoms with van der Waals surface area (Å²) in [7, 11) is 1.28. The second-order valence-corrected chi connectivity index (χ2v) is 4.41. The van der Waals surface area contributed by atoms with Crippen LogP contribution in [0.2, 0.25) is 0 Å². The van der Waals surface area contributed by atoms with Crippen LogP contribution in [-0.2, 0) is 22.5 Å². The fourth-order valence-corrected chi connectivity index (χ4v) is 2.42. The van der Waals surface area contributed by atoms with Crippen molar-refractivity contribution >= 4 is 44.5 Å². The highest BCUT2D eigenvalue weighted by Crippen LogP contribution is 2.12. The van der Waals surface area contributed by atoms with Gasteiger partial charge < -0.3 is 9.11 Å². The van der Waals surface area contributed by atoms with E-state index in [0.717, 1.165) is 0 Å². The van der Waals surface area contributed by atoms with Crippen molar-refractivity contribution in [2.45, 2.75) is 0 Å². The molecule has 2 unspecified atom stereocenters. The zero-order valence-electron chi connectivity index (χ0n) is 4.27. The summed E-state index contributed by atoms with van der Waals surface area (Å²) in [5.41, 5.74) is 0. The Hall–Kier alpha value is 0.840. The molecular formula is H2N2O4S4-2. The minimum Gasteiger partial charge on any atom is -0.759 e. The monoisotopic (exact) mass is 222 g/mol. The topological polar surface area (TPSA) is 104 Å². The molecule has 0 heterocycles. The molecule has 0 saturated heterocycles. The molecule has 0 amide bonds. The van der Waals surface area contributed by atoms with Gasteiger partial charge in [0.15, 0.2) is 0 Å². The van der Waals surface area contributed by atoms with Crippen LogP contribution in [0.3, 0.4) is 0 Å². The fourth-order valence-electron chi connectivity index (χ4n) is 0.0896. The van der Waals surface area contributed by atoms with Gasteiger partial charge in [0.2, 0.25) is 0 Å². The first-order valence-electron chi connectivity index (χ1n) is 1.65. The summed E-state index contributed by atoms with van der Waals surface area (Å²) in [4.78, 5) is 0. The largest absolute Gasteiger partial charge is 0.759 e. The van der Waals surface area contributed by atoms with E-state index in [1.807, 2.05) is 8.25 Å². The molecule has 2 N–H and O–H groups in total. The average Bonchev–Trinajstić information content (AvgIpc) is 1.79. The molecule has 62 valence electrons. The molecule has 0 radical (unpaired) electrons. The van der Waals surface area contributed by atoms with Crippen molar-refractivity contribution in [3.8, 4) is 0 Å². The first kappa shape index (κ1) is 10.8. The van der Waals surface area contributed by atoms with Gasteiger partial charge in [-0.05, 0) is 0 Å². The zero-order chi connectivity index (χ0) is 7.98. The molecule has 0 fully saturated rings. The van der Waals surface area contributed by atoms with Crippen molar-refractivity contribution < 1.29 is 17.5 Å². The van der Waals surface area contributed by atoms with E-state index in [-0.39, 0.29) is 0 Å². The normalized spacial score (nSPS) is 16.6. The van der Waals surface area contributed by atoms with Crippen molar-refractivity contribution in [1.82, 2.24) is 8.25 Å². The van der Waals surface area contributed by atoms with Crippen LogP contribution in [0.5, 0.6) is 0 Å². The number of hydrogen-bond acceptors (Lipinski definition) is 6. The summed E-state index contributed by atoms with van der Waals surface area (Å²) in [6.45, 7) is 0. The summed E-state index contributed by atoms with van der Waals surface area (Å²) in [5, 5.41) is 0. The lowest BCUT2D eigenvalue weighted by Crippen LogP contribution is -2.09. The molecule has 0 bridgehead atoms. The van der Waals surface area contributed by atoms with Crippen molar-refractivity contribution in [1.29, 1.82) is 0 Å². The molecule has 0 rings (SSSR count). The van der Waals surface area contributed by atoms with Gasteiger partial charge in [-0.25, -0.2) is 0 Å². The lowest BCUT2D eigenvalue weighted by atomic mass is 13.9. The van der Waals surface area contributed by atoms with E-state index in [1.165, 1.54) is 0 Å². The summed E-state index contributed by atoms with van der Waals surface area (Å²) in [6, 6.07) is 0. The molecule has 6 nitrogen and oxygen atoms in total. The van der Waals surface area contributed by atoms with Gasteiger partial charge in [-0.15, -0.1) is 0 Å². The molecule has 0 aromatic heterocycles. The number of rotatable bonds is 5. The van der Waals surface area contributed by atoms with Crippen LogP contribution in [-0.4, -0.2) is 17.5 Å². The third-order valence-corrected chi connectivity index (χ3v) is 3.44. The lowest BCUT2D eigenvalue weighted by Gasteiger charge is -2.06. The minimum absolute atomic E-state index is 0.640. The average molecular weight is 222 g/mol. The van der Waals surface area contributed by atoms with Gasteiger partial charge in [-0.3, -0.25) is 8.42 Å². The quantitative estimate of drug-likeness (QED) is 0.266. The molecule has 0 spiro atoms. The molecule has 0 aliphatic rings. The van der Waals surface area contributed by atoms with Crippen molar-refractivity contribution in [3.63, 3.8) is 0 Å². The number of hydrogen-bond donors (Lipinski definition) is 2. The molecular weight excluding hydrogens is 220 g/mol. The van der Waals surface area contributed by atoms with Gasteiger partial charge >= 0.3 is 0 Å². The minimum atomic E-state index is -2.38. The van der Waals surface area contributed by atoms with E-state index in [0.29, 0.717) is 22.0 Å². The smallest absolute Gasteiger partial charge is 0.0291 e. The second kappa shape index (κ2) is 6.54. The first-order valence-corrected chi connectivity index (χ1v) is 5.95. The predicted octanol–water partition coefficient (Wildman–Crippen LogP) is -1.03. The number of nitrogens with one attached hydrogen (secondary N) is 2. The lowest BCUT2D eigenvalue weighted by molar-refractivity contribution is 0.533.